The first-order valence-corrected chi connectivity index (χ1v) is 4.21. The van der Waals surface area contributed by atoms with Crippen molar-refractivity contribution >= 4 is 0 Å². The van der Waals surface area contributed by atoms with Gasteiger partial charge in [0.15, 0.2) is 0 Å². The van der Waals surface area contributed by atoms with Gasteiger partial charge in [0, 0.05) is 11.6 Å². The summed E-state index contributed by atoms with van der Waals surface area (Å²) in [5.74, 6) is 0. The Balaban J connectivity index is 2.98. The first-order valence-electron chi connectivity index (χ1n) is 4.21. The van der Waals surface area contributed by atoms with E-state index in [1.54, 1.807) is 0 Å². The second kappa shape index (κ2) is 3.25. The summed E-state index contributed by atoms with van der Waals surface area (Å²) in [5, 5.41) is 32.0. The van der Waals surface area contributed by atoms with Gasteiger partial charge in [-0.3, -0.25) is 10.1 Å². The van der Waals surface area contributed by atoms with Crippen molar-refractivity contribution in [2.24, 2.45) is 5.18 Å². The highest BCUT2D eigenvalue weighted by atomic mass is 16.6. The van der Waals surface area contributed by atoms with Crippen LogP contribution in [0.4, 0.5) is 0 Å². The fourth-order valence-corrected chi connectivity index (χ4v) is 1.95. The Kier molecular flexibility index (Phi) is 2.55. The number of rotatable bonds is 2. The maximum atomic E-state index is 10.6. The SMILES string of the molecule is CC1(O)CC(O)CC(N=O)([N+](=O)[O-])C1. The molecule has 0 aromatic carbocycles. The van der Waals surface area contributed by atoms with E-state index in [1.807, 2.05) is 0 Å². The molecular weight excluding hydrogens is 192 g/mol. The molecule has 1 saturated carbocycles. The number of aliphatic hydroxyl groups is 2. The molecule has 0 radical (unpaired) electrons. The number of nitro groups is 1. The normalized spacial score (nSPS) is 43.2. The van der Waals surface area contributed by atoms with Crippen molar-refractivity contribution < 1.29 is 15.1 Å². The molecule has 1 fully saturated rings. The lowest BCUT2D eigenvalue weighted by Gasteiger charge is -2.36. The molecule has 14 heavy (non-hydrogen) atoms. The predicted octanol–water partition coefficient (Wildman–Crippen LogP) is 0.0216. The van der Waals surface area contributed by atoms with E-state index in [0.29, 0.717) is 0 Å². The molecule has 0 bridgehead atoms. The number of hydrogen-bond donors (Lipinski definition) is 2. The molecule has 0 aliphatic heterocycles. The van der Waals surface area contributed by atoms with Gasteiger partial charge in [0.25, 0.3) is 0 Å². The van der Waals surface area contributed by atoms with Crippen LogP contribution in [0.15, 0.2) is 5.18 Å². The molecule has 3 unspecified atom stereocenters. The second-order valence-corrected chi connectivity index (χ2v) is 4.07. The molecule has 80 valence electrons. The van der Waals surface area contributed by atoms with Gasteiger partial charge >= 0.3 is 5.66 Å². The highest BCUT2D eigenvalue weighted by molar-refractivity contribution is 4.95. The largest absolute Gasteiger partial charge is 0.393 e. The van der Waals surface area contributed by atoms with E-state index in [2.05, 4.69) is 5.18 Å². The van der Waals surface area contributed by atoms with Gasteiger partial charge < -0.3 is 10.2 Å². The highest BCUT2D eigenvalue weighted by Gasteiger charge is 2.55. The van der Waals surface area contributed by atoms with Gasteiger partial charge in [-0.05, 0) is 6.92 Å². The molecule has 3 atom stereocenters. The van der Waals surface area contributed by atoms with Crippen LogP contribution >= 0.6 is 0 Å². The fourth-order valence-electron chi connectivity index (χ4n) is 1.95. The molecule has 7 nitrogen and oxygen atoms in total. The number of nitrogens with zero attached hydrogens (tertiary/aromatic N) is 2. The number of aliphatic hydroxyl groups excluding tert-OH is 1. The van der Waals surface area contributed by atoms with Gasteiger partial charge in [0.1, 0.15) is 0 Å². The van der Waals surface area contributed by atoms with Crippen molar-refractivity contribution in [1.82, 2.24) is 0 Å². The molecule has 1 aliphatic carbocycles. The van der Waals surface area contributed by atoms with Crippen LogP contribution in [-0.4, -0.2) is 32.5 Å². The lowest BCUT2D eigenvalue weighted by Crippen LogP contribution is -2.52. The van der Waals surface area contributed by atoms with Crippen molar-refractivity contribution in [1.29, 1.82) is 0 Å². The molecule has 1 aliphatic rings. The molecular formula is C7H12N2O5. The van der Waals surface area contributed by atoms with Crippen molar-refractivity contribution in [3.63, 3.8) is 0 Å². The maximum absolute atomic E-state index is 10.6. The summed E-state index contributed by atoms with van der Waals surface area (Å²) in [6.45, 7) is 1.35. The zero-order valence-corrected chi connectivity index (χ0v) is 7.71. The molecule has 7 heteroatoms. The summed E-state index contributed by atoms with van der Waals surface area (Å²) in [7, 11) is 0. The Morgan fingerprint density at radius 1 is 1.57 bits per heavy atom. The van der Waals surface area contributed by atoms with Crippen molar-refractivity contribution in [3.8, 4) is 0 Å². The zero-order valence-electron chi connectivity index (χ0n) is 7.71. The number of hydrogen-bond acceptors (Lipinski definition) is 6. The van der Waals surface area contributed by atoms with Gasteiger partial charge in [0.2, 0.25) is 0 Å². The monoisotopic (exact) mass is 204 g/mol. The van der Waals surface area contributed by atoms with Crippen molar-refractivity contribution in [2.45, 2.75) is 43.6 Å². The summed E-state index contributed by atoms with van der Waals surface area (Å²) in [6.07, 6.45) is -1.73. The van der Waals surface area contributed by atoms with Gasteiger partial charge in [-0.2, -0.15) is 0 Å². The molecule has 0 spiro atoms. The van der Waals surface area contributed by atoms with E-state index in [4.69, 9.17) is 0 Å². The highest BCUT2D eigenvalue weighted by Crippen LogP contribution is 2.38. The maximum Gasteiger partial charge on any atom is 0.353 e. The summed E-state index contributed by atoms with van der Waals surface area (Å²) in [6, 6.07) is 0. The third-order valence-electron chi connectivity index (χ3n) is 2.41. The van der Waals surface area contributed by atoms with Crippen LogP contribution in [0.2, 0.25) is 0 Å². The Labute approximate surface area is 79.9 Å². The van der Waals surface area contributed by atoms with Crippen LogP contribution < -0.4 is 0 Å². The van der Waals surface area contributed by atoms with Gasteiger partial charge in [-0.25, -0.2) is 0 Å². The Morgan fingerprint density at radius 3 is 2.50 bits per heavy atom. The molecule has 0 saturated heterocycles. The lowest BCUT2D eigenvalue weighted by molar-refractivity contribution is -0.579. The molecule has 0 aromatic rings. The van der Waals surface area contributed by atoms with Crippen molar-refractivity contribution in [2.75, 3.05) is 0 Å². The standard InChI is InChI=1S/C7H12N2O5/c1-6(11)2-5(10)3-7(4-6,8-12)9(13)14/h5,10-11H,2-4H2,1H3. The van der Waals surface area contributed by atoms with E-state index in [0.717, 1.165) is 0 Å². The summed E-state index contributed by atoms with van der Waals surface area (Å²) < 4.78 is 0. The quantitative estimate of drug-likeness (QED) is 0.374. The minimum Gasteiger partial charge on any atom is -0.393 e. The van der Waals surface area contributed by atoms with Crippen molar-refractivity contribution in [3.05, 3.63) is 15.0 Å². The van der Waals surface area contributed by atoms with Crippen LogP contribution in [-0.2, 0) is 0 Å². The number of nitroso groups, excluding NO2 is 1. The van der Waals surface area contributed by atoms with E-state index in [9.17, 15) is 25.2 Å². The predicted molar refractivity (Wildman–Crippen MR) is 46.0 cm³/mol. The average molecular weight is 204 g/mol. The lowest BCUT2D eigenvalue weighted by atomic mass is 9.78. The molecule has 0 amide bonds. The third-order valence-corrected chi connectivity index (χ3v) is 2.41. The molecule has 2 N–H and O–H groups in total. The van der Waals surface area contributed by atoms with Crippen LogP contribution in [0, 0.1) is 15.0 Å². The summed E-state index contributed by atoms with van der Waals surface area (Å²) in [4.78, 5) is 20.2. The van der Waals surface area contributed by atoms with Crippen LogP contribution in [0.25, 0.3) is 0 Å². The third kappa shape index (κ3) is 1.88. The minimum atomic E-state index is -2.08. The van der Waals surface area contributed by atoms with Gasteiger partial charge in [-0.15, -0.1) is 4.91 Å². The summed E-state index contributed by atoms with van der Waals surface area (Å²) in [5.41, 5.74) is -3.50. The van der Waals surface area contributed by atoms with E-state index in [1.165, 1.54) is 6.92 Å². The van der Waals surface area contributed by atoms with Crippen LogP contribution in [0.3, 0.4) is 0 Å². The first kappa shape index (κ1) is 11.0. The Bertz CT molecular complexity index is 267. The smallest absolute Gasteiger partial charge is 0.353 e. The zero-order chi connectivity index (χ0) is 11.0. The van der Waals surface area contributed by atoms with E-state index in [-0.39, 0.29) is 19.3 Å². The molecule has 0 aromatic heterocycles. The first-order chi connectivity index (χ1) is 6.31. The minimum absolute atomic E-state index is 0.0259. The Morgan fingerprint density at radius 2 is 2.14 bits per heavy atom. The Hall–Kier alpha value is -1.08. The van der Waals surface area contributed by atoms with Crippen LogP contribution in [0.5, 0.6) is 0 Å². The molecule has 0 heterocycles. The van der Waals surface area contributed by atoms with E-state index >= 15 is 0 Å². The molecule has 1 rings (SSSR count). The van der Waals surface area contributed by atoms with E-state index < -0.39 is 22.3 Å². The van der Waals surface area contributed by atoms with Crippen LogP contribution in [0.1, 0.15) is 26.2 Å². The second-order valence-electron chi connectivity index (χ2n) is 4.07. The van der Waals surface area contributed by atoms with Gasteiger partial charge in [0.05, 0.1) is 29.5 Å². The average Bonchev–Trinajstić information content (AvgIpc) is 2.00. The van der Waals surface area contributed by atoms with Gasteiger partial charge in [-0.1, -0.05) is 0 Å². The fraction of sp³-hybridized carbons (Fsp3) is 1.00. The summed E-state index contributed by atoms with van der Waals surface area (Å²) >= 11 is 0. The topological polar surface area (TPSA) is 113 Å².